The Balaban J connectivity index is 1.45. The molecule has 0 unspecified atom stereocenters. The lowest BCUT2D eigenvalue weighted by Gasteiger charge is -2.13. The summed E-state index contributed by atoms with van der Waals surface area (Å²) in [4.78, 5) is 15.0. The molecule has 0 aliphatic carbocycles. The van der Waals surface area contributed by atoms with Crippen molar-refractivity contribution in [3.05, 3.63) is 140 Å². The third-order valence-electron chi connectivity index (χ3n) is 8.78. The normalized spacial score (nSPS) is 12.3. The van der Waals surface area contributed by atoms with Gasteiger partial charge in [0.1, 0.15) is 11.2 Å². The summed E-state index contributed by atoms with van der Waals surface area (Å²) in [6.45, 7) is 5.97. The van der Waals surface area contributed by atoms with Crippen molar-refractivity contribution < 1.29 is 4.42 Å². The van der Waals surface area contributed by atoms with E-state index in [1.165, 1.54) is 10.8 Å². The van der Waals surface area contributed by atoms with Crippen LogP contribution >= 0.6 is 0 Å². The van der Waals surface area contributed by atoms with Gasteiger partial charge >= 0.3 is 0 Å². The molecule has 0 aliphatic rings. The summed E-state index contributed by atoms with van der Waals surface area (Å²) in [5.41, 5.74) is 8.17. The zero-order chi connectivity index (χ0) is 30.1. The minimum absolute atomic E-state index is 0.653. The Kier molecular flexibility index (Phi) is 5.50. The highest BCUT2D eigenvalue weighted by atomic mass is 16.3. The molecule has 0 radical (unpaired) electrons. The second-order valence-corrected chi connectivity index (χ2v) is 11.2. The van der Waals surface area contributed by atoms with Gasteiger partial charge in [-0.05, 0) is 54.1 Å². The van der Waals surface area contributed by atoms with Crippen LogP contribution in [0.25, 0.3) is 88.1 Å². The molecule has 4 aromatic heterocycles. The average molecular weight is 579 g/mol. The van der Waals surface area contributed by atoms with Crippen molar-refractivity contribution in [3.8, 4) is 16.9 Å². The summed E-state index contributed by atoms with van der Waals surface area (Å²) in [5, 5.41) is 7.70. The van der Waals surface area contributed by atoms with Crippen LogP contribution in [-0.2, 0) is 0 Å². The SMILES string of the molecule is C=C/C(=C\C)c1nc(-c2ccccc2)c2cc(-n3c4ncccc4c4c5ccccc5c5c6ccccc6oc5c43)ccc2n1. The second kappa shape index (κ2) is 9.73. The molecule has 9 aromatic rings. The van der Waals surface area contributed by atoms with Crippen LogP contribution in [-0.4, -0.2) is 19.5 Å². The number of hydrogen-bond donors (Lipinski definition) is 0. The van der Waals surface area contributed by atoms with Gasteiger partial charge in [0.2, 0.25) is 0 Å². The van der Waals surface area contributed by atoms with Gasteiger partial charge in [-0.2, -0.15) is 0 Å². The van der Waals surface area contributed by atoms with E-state index in [9.17, 15) is 0 Å². The Morgan fingerprint density at radius 3 is 2.27 bits per heavy atom. The van der Waals surface area contributed by atoms with Gasteiger partial charge in [0.25, 0.3) is 0 Å². The minimum atomic E-state index is 0.653. The smallest absolute Gasteiger partial charge is 0.160 e. The maximum absolute atomic E-state index is 6.72. The predicted octanol–water partition coefficient (Wildman–Crippen LogP) is 10.4. The molecule has 5 heteroatoms. The Hall–Kier alpha value is -6.07. The van der Waals surface area contributed by atoms with Crippen LogP contribution in [0.5, 0.6) is 0 Å². The summed E-state index contributed by atoms with van der Waals surface area (Å²) in [6, 6.07) is 37.7. The van der Waals surface area contributed by atoms with Crippen molar-refractivity contribution in [2.24, 2.45) is 0 Å². The van der Waals surface area contributed by atoms with E-state index in [-0.39, 0.29) is 0 Å². The van der Waals surface area contributed by atoms with Crippen molar-refractivity contribution in [3.63, 3.8) is 0 Å². The Labute approximate surface area is 258 Å². The third kappa shape index (κ3) is 3.64. The van der Waals surface area contributed by atoms with E-state index in [0.717, 1.165) is 77.3 Å². The average Bonchev–Trinajstić information content (AvgIpc) is 3.66. The van der Waals surface area contributed by atoms with Crippen molar-refractivity contribution in [2.45, 2.75) is 6.92 Å². The third-order valence-corrected chi connectivity index (χ3v) is 8.78. The highest BCUT2D eigenvalue weighted by molar-refractivity contribution is 6.34. The lowest BCUT2D eigenvalue weighted by molar-refractivity contribution is 0.671. The number of para-hydroxylation sites is 1. The molecule has 0 spiro atoms. The first kappa shape index (κ1) is 25.4. The van der Waals surface area contributed by atoms with Crippen molar-refractivity contribution >= 4 is 71.1 Å². The molecule has 45 heavy (non-hydrogen) atoms. The largest absolute Gasteiger partial charge is 0.454 e. The van der Waals surface area contributed by atoms with Crippen molar-refractivity contribution in [1.29, 1.82) is 0 Å². The molecule has 0 bridgehead atoms. The predicted molar refractivity (Wildman–Crippen MR) is 186 cm³/mol. The molecule has 212 valence electrons. The maximum atomic E-state index is 6.72. The van der Waals surface area contributed by atoms with Gasteiger partial charge in [-0.1, -0.05) is 91.5 Å². The highest BCUT2D eigenvalue weighted by Crippen LogP contribution is 2.45. The number of fused-ring (bicyclic) bond motifs is 11. The van der Waals surface area contributed by atoms with E-state index in [1.54, 1.807) is 6.08 Å². The maximum Gasteiger partial charge on any atom is 0.160 e. The van der Waals surface area contributed by atoms with Gasteiger partial charge in [-0.25, -0.2) is 15.0 Å². The van der Waals surface area contributed by atoms with Gasteiger partial charge in [0, 0.05) is 50.0 Å². The molecule has 5 nitrogen and oxygen atoms in total. The molecule has 0 N–H and O–H groups in total. The first-order valence-corrected chi connectivity index (χ1v) is 15.0. The van der Waals surface area contributed by atoms with Gasteiger partial charge in [-0.3, -0.25) is 4.57 Å². The summed E-state index contributed by atoms with van der Waals surface area (Å²) in [7, 11) is 0. The Bertz CT molecular complexity index is 2680. The lowest BCUT2D eigenvalue weighted by atomic mass is 9.99. The van der Waals surface area contributed by atoms with Crippen LogP contribution < -0.4 is 0 Å². The fourth-order valence-electron chi connectivity index (χ4n) is 6.79. The number of pyridine rings is 1. The summed E-state index contributed by atoms with van der Waals surface area (Å²) < 4.78 is 8.97. The van der Waals surface area contributed by atoms with Crippen LogP contribution in [0.2, 0.25) is 0 Å². The number of furan rings is 1. The number of allylic oxidation sites excluding steroid dienone is 3. The van der Waals surface area contributed by atoms with Gasteiger partial charge < -0.3 is 4.42 Å². The zero-order valence-electron chi connectivity index (χ0n) is 24.5. The van der Waals surface area contributed by atoms with Crippen molar-refractivity contribution in [1.82, 2.24) is 19.5 Å². The Morgan fingerprint density at radius 1 is 0.733 bits per heavy atom. The second-order valence-electron chi connectivity index (χ2n) is 11.2. The lowest BCUT2D eigenvalue weighted by Crippen LogP contribution is -2.00. The molecular weight excluding hydrogens is 552 g/mol. The van der Waals surface area contributed by atoms with E-state index < -0.39 is 0 Å². The molecule has 5 aromatic carbocycles. The van der Waals surface area contributed by atoms with Gasteiger partial charge in [-0.15, -0.1) is 0 Å². The molecule has 0 saturated carbocycles. The summed E-state index contributed by atoms with van der Waals surface area (Å²) in [5.74, 6) is 0.653. The van der Waals surface area contributed by atoms with Gasteiger partial charge in [0.05, 0.1) is 16.7 Å². The van der Waals surface area contributed by atoms with Gasteiger partial charge in [0.15, 0.2) is 11.4 Å². The molecule has 9 rings (SSSR count). The number of aromatic nitrogens is 4. The van der Waals surface area contributed by atoms with Crippen molar-refractivity contribution in [2.75, 3.05) is 0 Å². The topological polar surface area (TPSA) is 56.7 Å². The number of benzene rings is 5. The van der Waals surface area contributed by atoms with Crippen LogP contribution in [0.3, 0.4) is 0 Å². The van der Waals surface area contributed by atoms with Crippen LogP contribution in [0.1, 0.15) is 12.7 Å². The fraction of sp³-hybridized carbons (Fsp3) is 0.0250. The molecule has 0 aliphatic heterocycles. The Morgan fingerprint density at radius 2 is 1.47 bits per heavy atom. The quantitative estimate of drug-likeness (QED) is 0.195. The molecule has 0 atom stereocenters. The van der Waals surface area contributed by atoms with E-state index in [1.807, 2.05) is 55.6 Å². The molecule has 4 heterocycles. The van der Waals surface area contributed by atoms with Crippen LogP contribution in [0.4, 0.5) is 0 Å². The minimum Gasteiger partial charge on any atom is -0.454 e. The zero-order valence-corrected chi connectivity index (χ0v) is 24.5. The van der Waals surface area contributed by atoms with E-state index in [4.69, 9.17) is 19.4 Å². The summed E-state index contributed by atoms with van der Waals surface area (Å²) >= 11 is 0. The van der Waals surface area contributed by atoms with Crippen LogP contribution in [0, 0.1) is 0 Å². The van der Waals surface area contributed by atoms with E-state index >= 15 is 0 Å². The van der Waals surface area contributed by atoms with E-state index in [2.05, 4.69) is 83.9 Å². The summed E-state index contributed by atoms with van der Waals surface area (Å²) in [6.07, 6.45) is 5.65. The van der Waals surface area contributed by atoms with Crippen LogP contribution in [0.15, 0.2) is 139 Å². The molecule has 0 amide bonds. The molecule has 0 saturated heterocycles. The highest BCUT2D eigenvalue weighted by Gasteiger charge is 2.24. The first-order valence-electron chi connectivity index (χ1n) is 15.0. The first-order chi connectivity index (χ1) is 22.2. The monoisotopic (exact) mass is 578 g/mol. The molecular formula is C40H26N4O. The standard InChI is InChI=1S/C40H26N4O/c1-3-24(4-2)39-42-32-21-20-26(23-31(32)36(43-39)25-13-6-5-7-14-25)44-37-34(30-18-12-22-41-40(30)44)27-15-8-9-16-28(27)35-29-17-10-11-19-33(29)45-38(35)37/h3-23H,1H2,2H3/b24-4+. The van der Waals surface area contributed by atoms with E-state index in [0.29, 0.717) is 5.82 Å². The molecule has 0 fully saturated rings. The number of nitrogens with zero attached hydrogens (tertiary/aromatic N) is 4. The number of hydrogen-bond acceptors (Lipinski definition) is 4. The number of rotatable bonds is 4. The fourth-order valence-corrected chi connectivity index (χ4v) is 6.79.